The van der Waals surface area contributed by atoms with Crippen LogP contribution < -0.4 is 22.1 Å². The van der Waals surface area contributed by atoms with Crippen molar-refractivity contribution in [3.63, 3.8) is 0 Å². The number of hydrogen-bond acceptors (Lipinski definition) is 4. The van der Waals surface area contributed by atoms with E-state index < -0.39 is 0 Å². The lowest BCUT2D eigenvalue weighted by atomic mass is 9.78. The van der Waals surface area contributed by atoms with Gasteiger partial charge >= 0.3 is 0 Å². The second kappa shape index (κ2) is 34.7. The second-order valence-electron chi connectivity index (χ2n) is 13.5. The van der Waals surface area contributed by atoms with Crippen molar-refractivity contribution >= 4 is 11.8 Å². The lowest BCUT2D eigenvalue weighted by molar-refractivity contribution is -0.122. The topological polar surface area (TPSA) is 110 Å². The fraction of sp³-hybridized carbons (Fsp3) is 0.947. The molecule has 6 N–H and O–H groups in total. The van der Waals surface area contributed by atoms with Gasteiger partial charge in [-0.1, -0.05) is 168 Å². The first kappa shape index (κ1) is 42.9. The number of carbonyl (C=O) groups excluding carboxylic acids is 2. The van der Waals surface area contributed by atoms with Gasteiger partial charge in [0.15, 0.2) is 0 Å². The summed E-state index contributed by atoms with van der Waals surface area (Å²) in [5, 5.41) is 5.82. The summed E-state index contributed by atoms with van der Waals surface area (Å²) >= 11 is 0. The molecule has 0 aromatic heterocycles. The Labute approximate surface area is 274 Å². The van der Waals surface area contributed by atoms with E-state index in [1.165, 1.54) is 141 Å². The van der Waals surface area contributed by atoms with Crippen molar-refractivity contribution in [2.24, 2.45) is 23.3 Å². The molecule has 0 aliphatic carbocycles. The van der Waals surface area contributed by atoms with Gasteiger partial charge in [-0.05, 0) is 24.7 Å². The van der Waals surface area contributed by atoms with E-state index in [9.17, 15) is 9.59 Å². The third-order valence-electron chi connectivity index (χ3n) is 9.41. The van der Waals surface area contributed by atoms with Crippen molar-refractivity contribution in [1.82, 2.24) is 10.6 Å². The number of unbranched alkanes of at least 4 members (excludes halogenated alkanes) is 18. The molecule has 0 saturated heterocycles. The summed E-state index contributed by atoms with van der Waals surface area (Å²) in [4.78, 5) is 24.0. The van der Waals surface area contributed by atoms with Crippen LogP contribution in [-0.2, 0) is 9.59 Å². The van der Waals surface area contributed by atoms with Gasteiger partial charge in [-0.15, -0.1) is 0 Å². The molecule has 6 heteroatoms. The Morgan fingerprint density at radius 2 is 0.705 bits per heavy atom. The van der Waals surface area contributed by atoms with E-state index in [1.807, 2.05) is 0 Å². The van der Waals surface area contributed by atoms with E-state index in [0.717, 1.165) is 37.5 Å². The quantitative estimate of drug-likeness (QED) is 0.0528. The van der Waals surface area contributed by atoms with Crippen LogP contribution in [0, 0.1) is 11.8 Å². The van der Waals surface area contributed by atoms with Gasteiger partial charge in [-0.3, -0.25) is 9.59 Å². The van der Waals surface area contributed by atoms with Gasteiger partial charge in [0.1, 0.15) is 0 Å². The van der Waals surface area contributed by atoms with E-state index in [4.69, 9.17) is 11.5 Å². The summed E-state index contributed by atoms with van der Waals surface area (Å²) in [6, 6.07) is 0. The Hall–Kier alpha value is -1.14. The molecule has 0 aromatic rings. The van der Waals surface area contributed by atoms with E-state index in [-0.39, 0.29) is 11.8 Å². The van der Waals surface area contributed by atoms with Crippen molar-refractivity contribution in [1.29, 1.82) is 0 Å². The van der Waals surface area contributed by atoms with E-state index in [2.05, 4.69) is 24.5 Å². The van der Waals surface area contributed by atoms with Gasteiger partial charge in [0, 0.05) is 39.0 Å². The summed E-state index contributed by atoms with van der Waals surface area (Å²) in [5.74, 6) is 1.91. The molecule has 0 rings (SSSR count). The Balaban J connectivity index is 4.93. The predicted molar refractivity (Wildman–Crippen MR) is 192 cm³/mol. The minimum atomic E-state index is 0.148. The van der Waals surface area contributed by atoms with E-state index in [0.29, 0.717) is 39.0 Å². The molecule has 0 saturated carbocycles. The molecule has 0 bridgehead atoms. The van der Waals surface area contributed by atoms with Gasteiger partial charge in [-0.2, -0.15) is 0 Å². The lowest BCUT2D eigenvalue weighted by Gasteiger charge is -2.28. The summed E-state index contributed by atoms with van der Waals surface area (Å²) in [7, 11) is 0. The summed E-state index contributed by atoms with van der Waals surface area (Å²) in [6.07, 6.45) is 35.5. The number of carbonyl (C=O) groups is 2. The summed E-state index contributed by atoms with van der Waals surface area (Å²) in [6.45, 7) is 6.76. The van der Waals surface area contributed by atoms with Crippen LogP contribution in [-0.4, -0.2) is 38.0 Å². The van der Waals surface area contributed by atoms with E-state index in [1.54, 1.807) is 0 Å². The van der Waals surface area contributed by atoms with Gasteiger partial charge in [-0.25, -0.2) is 0 Å². The first-order chi connectivity index (χ1) is 21.6. The standard InChI is InChI=1S/C38H78N4O2/c1-3-5-7-9-11-13-15-19-25-35(27-21-17-23-29-37(43)41-33-31-39)36(26-20-16-14-12-10-8-6-4-2)28-22-18-24-30-38(44)42-34-32-40/h35-36H,3-34,39-40H2,1-2H3,(H,41,43)(H,42,44). The van der Waals surface area contributed by atoms with Crippen molar-refractivity contribution in [2.45, 2.75) is 194 Å². The van der Waals surface area contributed by atoms with Crippen LogP contribution in [0.15, 0.2) is 0 Å². The Bertz CT molecular complexity index is 564. The highest BCUT2D eigenvalue weighted by molar-refractivity contribution is 5.76. The molecule has 0 aromatic carbocycles. The highest BCUT2D eigenvalue weighted by atomic mass is 16.2. The van der Waals surface area contributed by atoms with Crippen molar-refractivity contribution in [2.75, 3.05) is 26.2 Å². The molecule has 0 aliphatic rings. The van der Waals surface area contributed by atoms with Crippen LogP contribution in [0.1, 0.15) is 194 Å². The van der Waals surface area contributed by atoms with Gasteiger partial charge in [0.05, 0.1) is 0 Å². The largest absolute Gasteiger partial charge is 0.355 e. The fourth-order valence-corrected chi connectivity index (χ4v) is 6.65. The molecule has 2 atom stereocenters. The average Bonchev–Trinajstić information content (AvgIpc) is 3.03. The third kappa shape index (κ3) is 29.6. The zero-order chi connectivity index (χ0) is 32.4. The molecule has 2 amide bonds. The van der Waals surface area contributed by atoms with Crippen molar-refractivity contribution in [3.8, 4) is 0 Å². The van der Waals surface area contributed by atoms with Crippen LogP contribution in [0.5, 0.6) is 0 Å². The molecular weight excluding hydrogens is 544 g/mol. The zero-order valence-corrected chi connectivity index (χ0v) is 29.8. The Kier molecular flexibility index (Phi) is 33.8. The van der Waals surface area contributed by atoms with Gasteiger partial charge in [0.25, 0.3) is 0 Å². The molecule has 6 nitrogen and oxygen atoms in total. The van der Waals surface area contributed by atoms with Crippen LogP contribution in [0.4, 0.5) is 0 Å². The van der Waals surface area contributed by atoms with Crippen LogP contribution in [0.3, 0.4) is 0 Å². The maximum absolute atomic E-state index is 12.0. The second-order valence-corrected chi connectivity index (χ2v) is 13.5. The SMILES string of the molecule is CCCCCCCCCCC(CCCCCC(=O)NCCN)C(CCCCCCCCCC)CCCCCC(=O)NCCN. The molecule has 0 spiro atoms. The molecule has 262 valence electrons. The number of nitrogens with one attached hydrogen (secondary N) is 2. The van der Waals surface area contributed by atoms with Crippen molar-refractivity contribution in [3.05, 3.63) is 0 Å². The van der Waals surface area contributed by atoms with Gasteiger partial charge < -0.3 is 22.1 Å². The number of nitrogens with two attached hydrogens (primary N) is 2. The fourth-order valence-electron chi connectivity index (χ4n) is 6.65. The molecule has 0 aliphatic heterocycles. The minimum absolute atomic E-state index is 0.148. The molecule has 2 unspecified atom stereocenters. The molecule has 0 radical (unpaired) electrons. The molecule has 0 heterocycles. The monoisotopic (exact) mass is 623 g/mol. The summed E-state index contributed by atoms with van der Waals surface area (Å²) in [5.41, 5.74) is 11.0. The average molecular weight is 623 g/mol. The van der Waals surface area contributed by atoms with Crippen molar-refractivity contribution < 1.29 is 9.59 Å². The number of hydrogen-bond donors (Lipinski definition) is 4. The maximum Gasteiger partial charge on any atom is 0.220 e. The van der Waals surface area contributed by atoms with Crippen LogP contribution in [0.2, 0.25) is 0 Å². The molecular formula is C38H78N4O2. The third-order valence-corrected chi connectivity index (χ3v) is 9.41. The van der Waals surface area contributed by atoms with Gasteiger partial charge in [0.2, 0.25) is 11.8 Å². The highest BCUT2D eigenvalue weighted by Gasteiger charge is 2.21. The normalized spacial score (nSPS) is 12.7. The summed E-state index contributed by atoms with van der Waals surface area (Å²) < 4.78 is 0. The Morgan fingerprint density at radius 3 is 1.00 bits per heavy atom. The maximum atomic E-state index is 12.0. The smallest absolute Gasteiger partial charge is 0.220 e. The predicted octanol–water partition coefficient (Wildman–Crippen LogP) is 9.33. The van der Waals surface area contributed by atoms with Crippen LogP contribution in [0.25, 0.3) is 0 Å². The minimum Gasteiger partial charge on any atom is -0.355 e. The lowest BCUT2D eigenvalue weighted by Crippen LogP contribution is -2.28. The Morgan fingerprint density at radius 1 is 0.432 bits per heavy atom. The number of rotatable bonds is 35. The van der Waals surface area contributed by atoms with E-state index >= 15 is 0 Å². The first-order valence-electron chi connectivity index (χ1n) is 19.5. The van der Waals surface area contributed by atoms with Crippen LogP contribution >= 0.6 is 0 Å². The number of amides is 2. The molecule has 0 fully saturated rings. The molecule has 44 heavy (non-hydrogen) atoms. The zero-order valence-electron chi connectivity index (χ0n) is 29.8. The highest BCUT2D eigenvalue weighted by Crippen LogP contribution is 2.33. The first-order valence-corrected chi connectivity index (χ1v) is 19.5.